The van der Waals surface area contributed by atoms with E-state index in [2.05, 4.69) is 29.8 Å². The normalized spacial score (nSPS) is 20.8. The summed E-state index contributed by atoms with van der Waals surface area (Å²) in [6, 6.07) is 5.02. The first-order chi connectivity index (χ1) is 15.6. The van der Waals surface area contributed by atoms with Crippen LogP contribution in [0.15, 0.2) is 36.8 Å². The van der Waals surface area contributed by atoms with E-state index < -0.39 is 5.95 Å². The molecule has 0 saturated carbocycles. The second-order valence-electron chi connectivity index (χ2n) is 7.92. The van der Waals surface area contributed by atoms with Gasteiger partial charge in [0.1, 0.15) is 5.82 Å². The highest BCUT2D eigenvalue weighted by atomic mass is 19.1. The number of pyridine rings is 1. The quantitative estimate of drug-likeness (QED) is 0.612. The lowest BCUT2D eigenvalue weighted by atomic mass is 9.99. The number of halogens is 1. The summed E-state index contributed by atoms with van der Waals surface area (Å²) in [6.07, 6.45) is 5.54. The number of aromatic nitrogens is 5. The summed E-state index contributed by atoms with van der Waals surface area (Å²) in [7, 11) is 0. The van der Waals surface area contributed by atoms with Gasteiger partial charge in [-0.25, -0.2) is 24.9 Å². The number of fused-ring (bicyclic) bond motifs is 1. The van der Waals surface area contributed by atoms with E-state index in [-0.39, 0.29) is 18.8 Å². The van der Waals surface area contributed by atoms with Crippen LogP contribution in [0.25, 0.3) is 11.6 Å². The monoisotopic (exact) mass is 437 g/mol. The van der Waals surface area contributed by atoms with Gasteiger partial charge in [-0.2, -0.15) is 4.39 Å². The summed E-state index contributed by atoms with van der Waals surface area (Å²) in [5.74, 6) is 1.03. The van der Waals surface area contributed by atoms with Crippen molar-refractivity contribution in [3.05, 3.63) is 54.0 Å². The van der Waals surface area contributed by atoms with Crippen molar-refractivity contribution in [2.24, 2.45) is 0 Å². The molecule has 5 rings (SSSR count). The Hall–Kier alpha value is -3.24. The van der Waals surface area contributed by atoms with Gasteiger partial charge in [-0.15, -0.1) is 0 Å². The summed E-state index contributed by atoms with van der Waals surface area (Å²) in [5.41, 5.74) is 2.66. The minimum Gasteiger partial charge on any atom is -0.394 e. The molecule has 32 heavy (non-hydrogen) atoms. The van der Waals surface area contributed by atoms with Crippen LogP contribution in [-0.4, -0.2) is 69.0 Å². The first-order valence-corrected chi connectivity index (χ1v) is 10.7. The molecule has 1 saturated heterocycles. The van der Waals surface area contributed by atoms with Gasteiger partial charge in [0.2, 0.25) is 5.95 Å². The number of hydrogen-bond acceptors (Lipinski definition) is 9. The number of morpholine rings is 1. The van der Waals surface area contributed by atoms with E-state index in [9.17, 15) is 9.50 Å². The Balaban J connectivity index is 1.41. The van der Waals surface area contributed by atoms with Gasteiger partial charge in [0.05, 0.1) is 31.1 Å². The predicted octanol–water partition coefficient (Wildman–Crippen LogP) is 1.79. The Kier molecular flexibility index (Phi) is 5.62. The van der Waals surface area contributed by atoms with Gasteiger partial charge in [0.25, 0.3) is 0 Å². The smallest absolute Gasteiger partial charge is 0.216 e. The molecule has 0 bridgehead atoms. The lowest BCUT2D eigenvalue weighted by molar-refractivity contribution is 0.00355. The van der Waals surface area contributed by atoms with E-state index in [0.29, 0.717) is 50.1 Å². The lowest BCUT2D eigenvalue weighted by Crippen LogP contribution is -2.44. The highest BCUT2D eigenvalue weighted by Crippen LogP contribution is 2.34. The largest absolute Gasteiger partial charge is 0.394 e. The van der Waals surface area contributed by atoms with Gasteiger partial charge >= 0.3 is 0 Å². The molecule has 10 heteroatoms. The molecule has 9 nitrogen and oxygen atoms in total. The van der Waals surface area contributed by atoms with Crippen LogP contribution < -0.4 is 9.80 Å². The maximum atomic E-state index is 14.5. The molecule has 3 aromatic heterocycles. The molecule has 5 heterocycles. The van der Waals surface area contributed by atoms with Crippen LogP contribution >= 0.6 is 0 Å². The van der Waals surface area contributed by atoms with E-state index >= 15 is 0 Å². The molecular weight excluding hydrogens is 413 g/mol. The van der Waals surface area contributed by atoms with Crippen molar-refractivity contribution < 1.29 is 14.2 Å². The zero-order valence-electron chi connectivity index (χ0n) is 17.7. The van der Waals surface area contributed by atoms with E-state index in [4.69, 9.17) is 4.74 Å². The van der Waals surface area contributed by atoms with E-state index in [0.717, 1.165) is 16.9 Å². The molecule has 2 aliphatic heterocycles. The number of hydrogen-bond donors (Lipinski definition) is 1. The molecule has 0 spiro atoms. The number of anilines is 2. The number of rotatable bonds is 4. The Bertz CT molecular complexity index is 1100. The van der Waals surface area contributed by atoms with Crippen molar-refractivity contribution in [3.8, 4) is 11.6 Å². The molecule has 3 aromatic rings. The van der Waals surface area contributed by atoms with Crippen LogP contribution in [0.2, 0.25) is 0 Å². The molecule has 2 unspecified atom stereocenters. The van der Waals surface area contributed by atoms with E-state index in [1.54, 1.807) is 24.7 Å². The minimum absolute atomic E-state index is 0.0626. The highest BCUT2D eigenvalue weighted by molar-refractivity contribution is 5.57. The second-order valence-corrected chi connectivity index (χ2v) is 7.92. The summed E-state index contributed by atoms with van der Waals surface area (Å²) >= 11 is 0. The molecule has 1 fully saturated rings. The topological polar surface area (TPSA) is 100 Å². The van der Waals surface area contributed by atoms with Crippen molar-refractivity contribution in [3.63, 3.8) is 0 Å². The van der Waals surface area contributed by atoms with Crippen molar-refractivity contribution in [1.29, 1.82) is 0 Å². The standard InChI is InChI=1S/C22H24FN7O2/c1-14-17-11-26-22(21-24-4-2-5-25-21)27-18(17)3-6-30(14)20-10-15(9-19(23)28-20)29-7-8-32-16(12-29)13-31/h2,4-5,9-11,14,16,31H,3,6-8,12-13H2,1H3. The third-order valence-corrected chi connectivity index (χ3v) is 5.94. The Morgan fingerprint density at radius 3 is 2.78 bits per heavy atom. The average Bonchev–Trinajstić information content (AvgIpc) is 2.84. The Labute approximate surface area is 185 Å². The molecule has 0 amide bonds. The third-order valence-electron chi connectivity index (χ3n) is 5.94. The minimum atomic E-state index is -0.532. The van der Waals surface area contributed by atoms with Crippen LogP contribution in [0, 0.1) is 5.95 Å². The fourth-order valence-corrected chi connectivity index (χ4v) is 4.26. The molecule has 0 radical (unpaired) electrons. The molecule has 1 N–H and O–H groups in total. The molecule has 2 aliphatic rings. The zero-order chi connectivity index (χ0) is 22.1. The number of nitrogens with zero attached hydrogens (tertiary/aromatic N) is 7. The van der Waals surface area contributed by atoms with Crippen LogP contribution in [0.1, 0.15) is 24.2 Å². The molecule has 2 atom stereocenters. The SMILES string of the molecule is CC1c2cnc(-c3ncccn3)nc2CCN1c1cc(N2CCOC(CO)C2)cc(F)n1. The number of ether oxygens (including phenoxy) is 1. The second kappa shape index (κ2) is 8.71. The van der Waals surface area contributed by atoms with Crippen molar-refractivity contribution in [2.75, 3.05) is 42.6 Å². The average molecular weight is 437 g/mol. The number of aliphatic hydroxyl groups excluding tert-OH is 1. The van der Waals surface area contributed by atoms with Gasteiger partial charge in [-0.3, -0.25) is 0 Å². The van der Waals surface area contributed by atoms with Gasteiger partial charge < -0.3 is 19.6 Å². The summed E-state index contributed by atoms with van der Waals surface area (Å²) in [6.45, 7) is 4.27. The van der Waals surface area contributed by atoms with Crippen molar-refractivity contribution in [2.45, 2.75) is 25.5 Å². The third kappa shape index (κ3) is 3.98. The van der Waals surface area contributed by atoms with Crippen molar-refractivity contribution >= 4 is 11.5 Å². The summed E-state index contributed by atoms with van der Waals surface area (Å²) in [4.78, 5) is 25.9. The Morgan fingerprint density at radius 1 is 1.12 bits per heavy atom. The summed E-state index contributed by atoms with van der Waals surface area (Å²) < 4.78 is 20.0. The number of aliphatic hydroxyl groups is 1. The lowest BCUT2D eigenvalue weighted by Gasteiger charge is -2.37. The van der Waals surface area contributed by atoms with E-state index in [1.807, 2.05) is 17.9 Å². The molecule has 0 aliphatic carbocycles. The maximum absolute atomic E-state index is 14.5. The first kappa shape index (κ1) is 20.7. The van der Waals surface area contributed by atoms with Crippen molar-refractivity contribution in [1.82, 2.24) is 24.9 Å². The molecule has 166 valence electrons. The van der Waals surface area contributed by atoms with Crippen LogP contribution in [0.4, 0.5) is 15.9 Å². The van der Waals surface area contributed by atoms with Gasteiger partial charge in [0, 0.05) is 68.0 Å². The van der Waals surface area contributed by atoms with Gasteiger partial charge in [-0.05, 0) is 13.0 Å². The van der Waals surface area contributed by atoms with Crippen LogP contribution in [0.3, 0.4) is 0 Å². The summed E-state index contributed by atoms with van der Waals surface area (Å²) in [5, 5.41) is 9.42. The highest BCUT2D eigenvalue weighted by Gasteiger charge is 2.29. The maximum Gasteiger partial charge on any atom is 0.216 e. The van der Waals surface area contributed by atoms with Crippen LogP contribution in [0.5, 0.6) is 0 Å². The van der Waals surface area contributed by atoms with Crippen LogP contribution in [-0.2, 0) is 11.2 Å². The van der Waals surface area contributed by atoms with Gasteiger partial charge in [-0.1, -0.05) is 0 Å². The Morgan fingerprint density at radius 2 is 1.97 bits per heavy atom. The first-order valence-electron chi connectivity index (χ1n) is 10.7. The van der Waals surface area contributed by atoms with E-state index in [1.165, 1.54) is 6.07 Å². The molecule has 0 aromatic carbocycles. The fraction of sp³-hybridized carbons (Fsp3) is 0.409. The zero-order valence-corrected chi connectivity index (χ0v) is 17.7. The molecular formula is C22H24FN7O2. The predicted molar refractivity (Wildman–Crippen MR) is 116 cm³/mol. The fourth-order valence-electron chi connectivity index (χ4n) is 4.26. The van der Waals surface area contributed by atoms with Gasteiger partial charge in [0.15, 0.2) is 11.6 Å².